The molecule has 8 unspecified atom stereocenters. The van der Waals surface area contributed by atoms with E-state index in [1.165, 1.54) is 64.2 Å². The molecule has 0 aliphatic carbocycles. The van der Waals surface area contributed by atoms with E-state index in [1.54, 1.807) is 6.08 Å². The molecule has 0 radical (unpaired) electrons. The monoisotopic (exact) mass is 1020 g/mol. The van der Waals surface area contributed by atoms with Gasteiger partial charge < -0.3 is 45.1 Å². The molecular formula is C62H105NO10. The molecule has 0 aromatic carbocycles. The normalized spacial score (nSPS) is 20.1. The van der Waals surface area contributed by atoms with E-state index in [0.29, 0.717) is 19.3 Å². The Morgan fingerprint density at radius 2 is 1.00 bits per heavy atom. The largest absolute Gasteiger partial charge is 0.454 e. The van der Waals surface area contributed by atoms with Crippen LogP contribution < -0.4 is 5.32 Å². The highest BCUT2D eigenvalue weighted by Crippen LogP contribution is 2.26. The second-order valence-electron chi connectivity index (χ2n) is 19.6. The Bertz CT molecular complexity index is 1550. The molecule has 0 aromatic rings. The molecule has 73 heavy (non-hydrogen) atoms. The number of hydrogen-bond donors (Lipinski definition) is 6. The molecule has 418 valence electrons. The van der Waals surface area contributed by atoms with E-state index in [1.807, 2.05) is 12.2 Å². The molecule has 1 aliphatic heterocycles. The third-order valence-corrected chi connectivity index (χ3v) is 13.0. The zero-order valence-electron chi connectivity index (χ0n) is 46.0. The van der Waals surface area contributed by atoms with Crippen molar-refractivity contribution in [2.45, 2.75) is 269 Å². The summed E-state index contributed by atoms with van der Waals surface area (Å²) in [5, 5.41) is 56.7. The first-order valence-corrected chi connectivity index (χ1v) is 29.0. The van der Waals surface area contributed by atoms with E-state index in [-0.39, 0.29) is 19.4 Å². The lowest BCUT2D eigenvalue weighted by Crippen LogP contribution is -2.61. The standard InChI is InChI=1S/C62H105NO10/c1-4-7-10-13-16-19-22-24-25-26-27-28-29-30-32-35-37-40-43-46-49-55(66)61(70)63-53(54(65)48-45-42-39-36-34-31-23-20-17-14-11-8-5-2)52-71-62-60(59(69)58(68)56(51-64)72-62)73-57(67)50-47-44-41-38-33-21-18-15-12-9-6-3/h7,10,15-16,18-19,24-25,27-28,30,32,37,40,45,48,53-56,58-60,62,64-66,68-69H,4-6,8-9,11-14,17,20-23,26,29,31,33-36,38-39,41-44,46-47,49-52H2,1-3H3,(H,63,70)/b10-7-,18-15-,19-16-,25-24-,28-27-,32-30-,40-37-,48-45+. The summed E-state index contributed by atoms with van der Waals surface area (Å²) < 4.78 is 17.5. The van der Waals surface area contributed by atoms with Crippen LogP contribution in [-0.4, -0.2) is 99.6 Å². The third kappa shape index (κ3) is 37.9. The van der Waals surface area contributed by atoms with Gasteiger partial charge in [-0.25, -0.2) is 0 Å². The van der Waals surface area contributed by atoms with Crippen LogP contribution in [0.5, 0.6) is 0 Å². The van der Waals surface area contributed by atoms with Crippen molar-refractivity contribution in [3.8, 4) is 0 Å². The fourth-order valence-electron chi connectivity index (χ4n) is 8.35. The van der Waals surface area contributed by atoms with E-state index in [0.717, 1.165) is 103 Å². The van der Waals surface area contributed by atoms with E-state index in [2.05, 4.69) is 105 Å². The number of hydrogen-bond acceptors (Lipinski definition) is 10. The molecule has 1 aliphatic rings. The number of amides is 1. The summed E-state index contributed by atoms with van der Waals surface area (Å²) in [7, 11) is 0. The van der Waals surface area contributed by atoms with E-state index in [9.17, 15) is 35.1 Å². The van der Waals surface area contributed by atoms with Crippen molar-refractivity contribution in [2.24, 2.45) is 0 Å². The summed E-state index contributed by atoms with van der Waals surface area (Å²) in [6.07, 6.45) is 54.6. The number of allylic oxidation sites excluding steroid dienone is 15. The van der Waals surface area contributed by atoms with Gasteiger partial charge in [0.2, 0.25) is 5.91 Å². The van der Waals surface area contributed by atoms with Crippen LogP contribution in [0.1, 0.15) is 220 Å². The molecule has 1 rings (SSSR count). The minimum absolute atomic E-state index is 0.103. The number of esters is 1. The van der Waals surface area contributed by atoms with Crippen molar-refractivity contribution in [1.82, 2.24) is 5.32 Å². The first kappa shape index (κ1) is 67.6. The highest BCUT2D eigenvalue weighted by Gasteiger charge is 2.47. The lowest BCUT2D eigenvalue weighted by Gasteiger charge is -2.41. The molecule has 1 saturated heterocycles. The number of carbonyl (C=O) groups is 2. The Balaban J connectivity index is 2.77. The maximum Gasteiger partial charge on any atom is 0.306 e. The predicted molar refractivity (Wildman–Crippen MR) is 301 cm³/mol. The smallest absolute Gasteiger partial charge is 0.306 e. The van der Waals surface area contributed by atoms with Crippen LogP contribution in [0.2, 0.25) is 0 Å². The van der Waals surface area contributed by atoms with Crippen LogP contribution in [0.15, 0.2) is 97.2 Å². The minimum atomic E-state index is -1.63. The van der Waals surface area contributed by atoms with Crippen molar-refractivity contribution in [3.05, 3.63) is 97.2 Å². The van der Waals surface area contributed by atoms with Crippen molar-refractivity contribution < 1.29 is 49.3 Å². The van der Waals surface area contributed by atoms with Gasteiger partial charge in [-0.2, -0.15) is 0 Å². The molecule has 0 spiro atoms. The van der Waals surface area contributed by atoms with Crippen LogP contribution in [0.3, 0.4) is 0 Å². The predicted octanol–water partition coefficient (Wildman–Crippen LogP) is 13.2. The number of unbranched alkanes of at least 4 members (excludes halogenated alkanes) is 19. The lowest BCUT2D eigenvalue weighted by atomic mass is 9.99. The Labute approximate surface area is 444 Å². The summed E-state index contributed by atoms with van der Waals surface area (Å²) in [4.78, 5) is 26.4. The van der Waals surface area contributed by atoms with Gasteiger partial charge in [0.05, 0.1) is 25.4 Å². The fraction of sp³-hybridized carbons (Fsp3) is 0.710. The minimum Gasteiger partial charge on any atom is -0.454 e. The van der Waals surface area contributed by atoms with Gasteiger partial charge in [0.25, 0.3) is 0 Å². The van der Waals surface area contributed by atoms with Gasteiger partial charge in [0, 0.05) is 6.42 Å². The molecule has 6 N–H and O–H groups in total. The fourth-order valence-corrected chi connectivity index (χ4v) is 8.35. The SMILES string of the molecule is CC/C=C\C/C=C\C/C=C\C/C=C\C/C=C\C/C=C\CCCC(O)C(=O)NC(COC1OC(CO)C(O)C(O)C1OC(=O)CCCCCCC/C=C\CCCC)C(O)/C=C/CCCCCCCCCCCCC. The van der Waals surface area contributed by atoms with Crippen molar-refractivity contribution >= 4 is 11.9 Å². The topological polar surface area (TPSA) is 175 Å². The van der Waals surface area contributed by atoms with Crippen LogP contribution in [-0.2, 0) is 23.8 Å². The van der Waals surface area contributed by atoms with Gasteiger partial charge in [-0.15, -0.1) is 0 Å². The molecule has 1 amide bonds. The molecule has 0 bridgehead atoms. The number of aliphatic hydroxyl groups excluding tert-OH is 5. The van der Waals surface area contributed by atoms with Crippen LogP contribution in [0.25, 0.3) is 0 Å². The van der Waals surface area contributed by atoms with Crippen molar-refractivity contribution in [2.75, 3.05) is 13.2 Å². The summed E-state index contributed by atoms with van der Waals surface area (Å²) in [6.45, 7) is 5.58. The highest BCUT2D eigenvalue weighted by molar-refractivity contribution is 5.80. The molecule has 0 saturated carbocycles. The second kappa shape index (κ2) is 49.5. The zero-order chi connectivity index (χ0) is 53.3. The molecule has 11 nitrogen and oxygen atoms in total. The lowest BCUT2D eigenvalue weighted by molar-refractivity contribution is -0.305. The highest BCUT2D eigenvalue weighted by atomic mass is 16.7. The number of aliphatic hydroxyl groups is 5. The van der Waals surface area contributed by atoms with Crippen molar-refractivity contribution in [1.29, 1.82) is 0 Å². The number of nitrogens with one attached hydrogen (secondary N) is 1. The van der Waals surface area contributed by atoms with Crippen LogP contribution >= 0.6 is 0 Å². The number of ether oxygens (including phenoxy) is 3. The van der Waals surface area contributed by atoms with Crippen molar-refractivity contribution in [3.63, 3.8) is 0 Å². The maximum absolute atomic E-state index is 13.4. The molecule has 1 fully saturated rings. The molecular weight excluding hydrogens is 919 g/mol. The summed E-state index contributed by atoms with van der Waals surface area (Å²) in [5.74, 6) is -1.26. The summed E-state index contributed by atoms with van der Waals surface area (Å²) >= 11 is 0. The van der Waals surface area contributed by atoms with Gasteiger partial charge in [-0.1, -0.05) is 214 Å². The van der Waals surface area contributed by atoms with E-state index >= 15 is 0 Å². The first-order valence-electron chi connectivity index (χ1n) is 29.0. The molecule has 8 atom stereocenters. The Hall–Kier alpha value is -3.42. The van der Waals surface area contributed by atoms with E-state index < -0.39 is 67.4 Å². The molecule has 11 heteroatoms. The van der Waals surface area contributed by atoms with Crippen LogP contribution in [0, 0.1) is 0 Å². The summed E-state index contributed by atoms with van der Waals surface area (Å²) in [5.41, 5.74) is 0. The average Bonchev–Trinajstić information content (AvgIpc) is 3.39. The maximum atomic E-state index is 13.4. The molecule has 0 aromatic heterocycles. The Morgan fingerprint density at radius 3 is 1.53 bits per heavy atom. The Morgan fingerprint density at radius 1 is 0.548 bits per heavy atom. The van der Waals surface area contributed by atoms with Gasteiger partial charge in [0.15, 0.2) is 12.4 Å². The third-order valence-electron chi connectivity index (χ3n) is 13.0. The second-order valence-corrected chi connectivity index (χ2v) is 19.6. The van der Waals surface area contributed by atoms with Crippen LogP contribution in [0.4, 0.5) is 0 Å². The van der Waals surface area contributed by atoms with Gasteiger partial charge in [-0.3, -0.25) is 9.59 Å². The van der Waals surface area contributed by atoms with E-state index in [4.69, 9.17) is 14.2 Å². The van der Waals surface area contributed by atoms with Gasteiger partial charge in [-0.05, 0) is 96.3 Å². The first-order chi connectivity index (χ1) is 35.7. The molecule has 1 heterocycles. The number of carbonyl (C=O) groups excluding carboxylic acids is 2. The zero-order valence-corrected chi connectivity index (χ0v) is 46.0. The van der Waals surface area contributed by atoms with Gasteiger partial charge in [0.1, 0.15) is 24.4 Å². The summed E-state index contributed by atoms with van der Waals surface area (Å²) in [6, 6.07) is -1.05. The number of rotatable bonds is 47. The quantitative estimate of drug-likeness (QED) is 0.0196. The Kier molecular flexibility index (Phi) is 45.8. The van der Waals surface area contributed by atoms with Gasteiger partial charge >= 0.3 is 5.97 Å². The average molecular weight is 1020 g/mol.